The molecule has 0 unspecified atom stereocenters. The van der Waals surface area contributed by atoms with Gasteiger partial charge in [-0.15, -0.1) is 0 Å². The fourth-order valence-corrected chi connectivity index (χ4v) is 3.63. The van der Waals surface area contributed by atoms with E-state index in [0.717, 1.165) is 31.7 Å². The van der Waals surface area contributed by atoms with Gasteiger partial charge in [0.05, 0.1) is 11.5 Å². The first-order valence-electron chi connectivity index (χ1n) is 8.84. The third-order valence-electron chi connectivity index (χ3n) is 4.62. The van der Waals surface area contributed by atoms with Crippen molar-refractivity contribution in [2.75, 3.05) is 38.0 Å². The molecule has 0 aromatic heterocycles. The number of nitro groups is 1. The first kappa shape index (κ1) is 20.5. The summed E-state index contributed by atoms with van der Waals surface area (Å²) in [5.74, 6) is -0.192. The molecular weight excluding hydrogens is 403 g/mol. The molecule has 1 saturated heterocycles. The molecule has 148 valence electrons. The smallest absolute Gasteiger partial charge is 0.271 e. The molecule has 0 saturated carbocycles. The zero-order valence-corrected chi connectivity index (χ0v) is 16.6. The minimum Gasteiger partial charge on any atom is -0.325 e. The second-order valence-electron chi connectivity index (χ2n) is 6.61. The minimum atomic E-state index is -0.486. The summed E-state index contributed by atoms with van der Waals surface area (Å²) in [5, 5.41) is 14.9. The number of carbonyl (C=O) groups excluding carboxylic acids is 1. The SMILES string of the molecule is O=C(CN1CCN(Cc2c(Cl)cccc2Cl)CC1)Nc1cccc([N+](=O)[O-])c1. The van der Waals surface area contributed by atoms with Gasteiger partial charge in [-0.3, -0.25) is 24.7 Å². The predicted octanol–water partition coefficient (Wildman–Crippen LogP) is 3.66. The van der Waals surface area contributed by atoms with Crippen molar-refractivity contribution in [1.82, 2.24) is 9.80 Å². The van der Waals surface area contributed by atoms with E-state index in [0.29, 0.717) is 22.3 Å². The van der Waals surface area contributed by atoms with E-state index in [9.17, 15) is 14.9 Å². The van der Waals surface area contributed by atoms with Gasteiger partial charge in [-0.05, 0) is 18.2 Å². The van der Waals surface area contributed by atoms with Crippen molar-refractivity contribution in [2.24, 2.45) is 0 Å². The summed E-state index contributed by atoms with van der Waals surface area (Å²) in [5.41, 5.74) is 1.29. The van der Waals surface area contributed by atoms with Gasteiger partial charge in [0, 0.05) is 66.2 Å². The van der Waals surface area contributed by atoms with Crippen LogP contribution in [-0.4, -0.2) is 53.4 Å². The zero-order chi connectivity index (χ0) is 20.1. The molecule has 0 bridgehead atoms. The fourth-order valence-electron chi connectivity index (χ4n) is 3.11. The van der Waals surface area contributed by atoms with E-state index in [1.807, 2.05) is 18.2 Å². The van der Waals surface area contributed by atoms with Crippen LogP contribution in [0.1, 0.15) is 5.56 Å². The van der Waals surface area contributed by atoms with Crippen molar-refractivity contribution in [3.05, 3.63) is 68.2 Å². The molecule has 0 aliphatic carbocycles. The molecule has 0 spiro atoms. The van der Waals surface area contributed by atoms with Crippen LogP contribution in [0.25, 0.3) is 0 Å². The van der Waals surface area contributed by atoms with Crippen LogP contribution in [0.4, 0.5) is 11.4 Å². The number of nitrogens with one attached hydrogen (secondary N) is 1. The van der Waals surface area contributed by atoms with Gasteiger partial charge >= 0.3 is 0 Å². The number of carbonyl (C=O) groups is 1. The maximum Gasteiger partial charge on any atom is 0.271 e. The maximum absolute atomic E-state index is 12.3. The molecule has 2 aromatic rings. The highest BCUT2D eigenvalue weighted by Gasteiger charge is 2.20. The highest BCUT2D eigenvalue weighted by molar-refractivity contribution is 6.35. The number of hydrogen-bond donors (Lipinski definition) is 1. The van der Waals surface area contributed by atoms with Gasteiger partial charge in [0.2, 0.25) is 5.91 Å². The lowest BCUT2D eigenvalue weighted by Gasteiger charge is -2.34. The van der Waals surface area contributed by atoms with Crippen LogP contribution in [0.5, 0.6) is 0 Å². The van der Waals surface area contributed by atoms with Gasteiger partial charge < -0.3 is 5.32 Å². The van der Waals surface area contributed by atoms with E-state index in [2.05, 4.69) is 15.1 Å². The molecule has 1 amide bonds. The Hall–Kier alpha value is -2.19. The highest BCUT2D eigenvalue weighted by Crippen LogP contribution is 2.26. The third kappa shape index (κ3) is 5.42. The molecule has 28 heavy (non-hydrogen) atoms. The van der Waals surface area contributed by atoms with Crippen molar-refractivity contribution in [3.8, 4) is 0 Å². The van der Waals surface area contributed by atoms with Crippen molar-refractivity contribution in [3.63, 3.8) is 0 Å². The molecule has 1 fully saturated rings. The molecule has 1 aliphatic rings. The Bertz CT molecular complexity index is 850. The van der Waals surface area contributed by atoms with Crippen LogP contribution >= 0.6 is 23.2 Å². The van der Waals surface area contributed by atoms with Crippen LogP contribution in [0.2, 0.25) is 10.0 Å². The van der Waals surface area contributed by atoms with Gasteiger partial charge in [-0.2, -0.15) is 0 Å². The predicted molar refractivity (Wildman–Crippen MR) is 110 cm³/mol. The van der Waals surface area contributed by atoms with E-state index >= 15 is 0 Å². The molecule has 1 aliphatic heterocycles. The summed E-state index contributed by atoms with van der Waals surface area (Å²) in [6.07, 6.45) is 0. The topological polar surface area (TPSA) is 78.7 Å². The number of nitrogens with zero attached hydrogens (tertiary/aromatic N) is 3. The molecule has 1 heterocycles. The number of hydrogen-bond acceptors (Lipinski definition) is 5. The largest absolute Gasteiger partial charge is 0.325 e. The second kappa shape index (κ2) is 9.34. The van der Waals surface area contributed by atoms with E-state index < -0.39 is 4.92 Å². The number of benzene rings is 2. The Balaban J connectivity index is 1.48. The summed E-state index contributed by atoms with van der Waals surface area (Å²) < 4.78 is 0. The molecule has 0 radical (unpaired) electrons. The van der Waals surface area contributed by atoms with Gasteiger partial charge in [0.25, 0.3) is 5.69 Å². The third-order valence-corrected chi connectivity index (χ3v) is 5.32. The Morgan fingerprint density at radius 1 is 1.04 bits per heavy atom. The summed E-state index contributed by atoms with van der Waals surface area (Å²) >= 11 is 12.5. The van der Waals surface area contributed by atoms with E-state index in [-0.39, 0.29) is 18.1 Å². The Morgan fingerprint density at radius 3 is 2.29 bits per heavy atom. The average Bonchev–Trinajstić information content (AvgIpc) is 2.66. The van der Waals surface area contributed by atoms with Crippen LogP contribution in [-0.2, 0) is 11.3 Å². The lowest BCUT2D eigenvalue weighted by molar-refractivity contribution is -0.384. The lowest BCUT2D eigenvalue weighted by atomic mass is 10.2. The van der Waals surface area contributed by atoms with Crippen molar-refractivity contribution < 1.29 is 9.72 Å². The first-order chi connectivity index (χ1) is 13.4. The Kier molecular flexibility index (Phi) is 6.85. The van der Waals surface area contributed by atoms with Gasteiger partial charge in [-0.1, -0.05) is 35.3 Å². The molecule has 9 heteroatoms. The summed E-state index contributed by atoms with van der Waals surface area (Å²) in [7, 11) is 0. The number of nitro benzene ring substituents is 1. The molecular formula is C19H20Cl2N4O3. The first-order valence-corrected chi connectivity index (χ1v) is 9.60. The molecule has 0 atom stereocenters. The average molecular weight is 423 g/mol. The molecule has 3 rings (SSSR count). The monoisotopic (exact) mass is 422 g/mol. The number of non-ortho nitro benzene ring substituents is 1. The van der Waals surface area contributed by atoms with Crippen LogP contribution in [0.3, 0.4) is 0 Å². The van der Waals surface area contributed by atoms with Crippen LogP contribution in [0, 0.1) is 10.1 Å². The molecule has 2 aromatic carbocycles. The Morgan fingerprint density at radius 2 is 1.64 bits per heavy atom. The Labute approximate surface area is 173 Å². The number of anilines is 1. The van der Waals surface area contributed by atoms with Gasteiger partial charge in [0.15, 0.2) is 0 Å². The molecule has 1 N–H and O–H groups in total. The van der Waals surface area contributed by atoms with Crippen LogP contribution in [0.15, 0.2) is 42.5 Å². The number of amides is 1. The highest BCUT2D eigenvalue weighted by atomic mass is 35.5. The quantitative estimate of drug-likeness (QED) is 0.567. The lowest BCUT2D eigenvalue weighted by Crippen LogP contribution is -2.48. The minimum absolute atomic E-state index is 0.0513. The summed E-state index contributed by atoms with van der Waals surface area (Å²) in [4.78, 5) is 26.9. The van der Waals surface area contributed by atoms with Crippen LogP contribution < -0.4 is 5.32 Å². The fraction of sp³-hybridized carbons (Fsp3) is 0.316. The van der Waals surface area contributed by atoms with Gasteiger partial charge in [0.1, 0.15) is 0 Å². The summed E-state index contributed by atoms with van der Waals surface area (Å²) in [6, 6.07) is 11.4. The number of halogens is 2. The standard InChI is InChI=1S/C19H20Cl2N4O3/c20-17-5-2-6-18(21)16(17)12-23-7-9-24(10-8-23)13-19(26)22-14-3-1-4-15(11-14)25(27)28/h1-6,11H,7-10,12-13H2,(H,22,26). The van der Waals surface area contributed by atoms with Crippen molar-refractivity contribution in [1.29, 1.82) is 0 Å². The van der Waals surface area contributed by atoms with Crippen molar-refractivity contribution in [2.45, 2.75) is 6.54 Å². The molecule has 7 nitrogen and oxygen atoms in total. The maximum atomic E-state index is 12.3. The van der Waals surface area contributed by atoms with E-state index in [1.54, 1.807) is 12.1 Å². The summed E-state index contributed by atoms with van der Waals surface area (Å²) in [6.45, 7) is 3.99. The van der Waals surface area contributed by atoms with E-state index in [4.69, 9.17) is 23.2 Å². The van der Waals surface area contributed by atoms with E-state index in [1.165, 1.54) is 12.1 Å². The second-order valence-corrected chi connectivity index (χ2v) is 7.42. The van der Waals surface area contributed by atoms with Crippen molar-refractivity contribution >= 4 is 40.5 Å². The number of piperazine rings is 1. The van der Waals surface area contributed by atoms with Gasteiger partial charge in [-0.25, -0.2) is 0 Å². The normalized spacial score (nSPS) is 15.4. The zero-order valence-electron chi connectivity index (χ0n) is 15.1. The number of rotatable bonds is 6.